The second-order valence-electron chi connectivity index (χ2n) is 7.36. The average molecular weight is 432 g/mol. The summed E-state index contributed by atoms with van der Waals surface area (Å²) in [5, 5.41) is 8.09. The molecular formula is C21H28N4O6. The van der Waals surface area contributed by atoms with Crippen LogP contribution in [0.1, 0.15) is 35.2 Å². The van der Waals surface area contributed by atoms with Gasteiger partial charge in [-0.2, -0.15) is 0 Å². The van der Waals surface area contributed by atoms with Crippen molar-refractivity contribution in [3.8, 4) is 0 Å². The van der Waals surface area contributed by atoms with Crippen LogP contribution in [-0.4, -0.2) is 74.6 Å². The van der Waals surface area contributed by atoms with Crippen molar-refractivity contribution in [3.63, 3.8) is 0 Å². The molecule has 31 heavy (non-hydrogen) atoms. The highest BCUT2D eigenvalue weighted by molar-refractivity contribution is 6.06. The summed E-state index contributed by atoms with van der Waals surface area (Å²) < 4.78 is 10.7. The fourth-order valence-corrected chi connectivity index (χ4v) is 3.58. The summed E-state index contributed by atoms with van der Waals surface area (Å²) in [5.41, 5.74) is 1.67. The molecule has 10 heteroatoms. The maximum Gasteiger partial charge on any atom is 0.255 e. The lowest BCUT2D eigenvalue weighted by atomic mass is 10.0. The third kappa shape index (κ3) is 5.87. The van der Waals surface area contributed by atoms with E-state index in [1.807, 2.05) is 7.05 Å². The van der Waals surface area contributed by atoms with Crippen LogP contribution in [0, 0.1) is 0 Å². The number of nitrogens with one attached hydrogen (secondary N) is 3. The summed E-state index contributed by atoms with van der Waals surface area (Å²) in [6.07, 6.45) is 0.660. The van der Waals surface area contributed by atoms with Gasteiger partial charge in [-0.25, -0.2) is 0 Å². The van der Waals surface area contributed by atoms with Gasteiger partial charge in [0.25, 0.3) is 5.91 Å². The molecule has 10 nitrogen and oxygen atoms in total. The van der Waals surface area contributed by atoms with E-state index in [1.54, 1.807) is 18.2 Å². The molecule has 2 aliphatic rings. The first-order valence-electron chi connectivity index (χ1n) is 10.4. The van der Waals surface area contributed by atoms with E-state index < -0.39 is 11.9 Å². The van der Waals surface area contributed by atoms with Crippen molar-refractivity contribution in [1.82, 2.24) is 15.5 Å². The maximum absolute atomic E-state index is 12.8. The molecule has 1 aromatic rings. The average Bonchev–Trinajstić information content (AvgIpc) is 3.07. The van der Waals surface area contributed by atoms with E-state index in [-0.39, 0.29) is 43.7 Å². The van der Waals surface area contributed by atoms with E-state index in [2.05, 4.69) is 16.0 Å². The van der Waals surface area contributed by atoms with E-state index in [0.717, 1.165) is 6.54 Å². The molecule has 1 unspecified atom stereocenters. The molecule has 0 saturated carbocycles. The molecular weight excluding hydrogens is 404 g/mol. The molecule has 0 bridgehead atoms. The zero-order chi connectivity index (χ0) is 22.2. The molecule has 0 spiro atoms. The van der Waals surface area contributed by atoms with Crippen LogP contribution in [0.15, 0.2) is 18.2 Å². The number of ether oxygens (including phenoxy) is 2. The number of hydrogen-bond acceptors (Lipinski definition) is 7. The van der Waals surface area contributed by atoms with Crippen LogP contribution in [0.2, 0.25) is 0 Å². The van der Waals surface area contributed by atoms with Gasteiger partial charge in [-0.3, -0.25) is 24.5 Å². The van der Waals surface area contributed by atoms with E-state index in [4.69, 9.17) is 9.47 Å². The van der Waals surface area contributed by atoms with Crippen molar-refractivity contribution in [2.45, 2.75) is 31.8 Å². The number of nitrogens with zero attached hydrogens (tertiary/aromatic N) is 1. The van der Waals surface area contributed by atoms with Crippen LogP contribution in [0.3, 0.4) is 0 Å². The summed E-state index contributed by atoms with van der Waals surface area (Å²) in [5.74, 6) is -1.29. The normalized spacial score (nSPS) is 18.2. The minimum atomic E-state index is -0.690. The van der Waals surface area contributed by atoms with Crippen molar-refractivity contribution >= 4 is 29.3 Å². The quantitative estimate of drug-likeness (QED) is 0.333. The summed E-state index contributed by atoms with van der Waals surface area (Å²) in [4.78, 5) is 50.1. The Morgan fingerprint density at radius 2 is 1.94 bits per heavy atom. The van der Waals surface area contributed by atoms with Crippen LogP contribution < -0.4 is 16.0 Å². The minimum absolute atomic E-state index is 0.172. The van der Waals surface area contributed by atoms with Crippen molar-refractivity contribution in [3.05, 3.63) is 29.3 Å². The van der Waals surface area contributed by atoms with Gasteiger partial charge < -0.3 is 25.0 Å². The largest absolute Gasteiger partial charge is 0.379 e. The molecule has 0 aromatic heterocycles. The number of likely N-dealkylation sites (N-methyl/N-ethyl adjacent to an activating group) is 1. The molecule has 1 aromatic carbocycles. The van der Waals surface area contributed by atoms with Gasteiger partial charge in [0, 0.05) is 36.3 Å². The number of piperidine rings is 1. The number of benzene rings is 1. The SMILES string of the molecule is CNCCOCCOCCC(=O)Nc1cccc2c1CN(C1CCC(=O)NC1=O)C2=O. The van der Waals surface area contributed by atoms with Crippen molar-refractivity contribution in [1.29, 1.82) is 0 Å². The molecule has 4 amide bonds. The van der Waals surface area contributed by atoms with E-state index in [9.17, 15) is 19.2 Å². The highest BCUT2D eigenvalue weighted by atomic mass is 16.5. The lowest BCUT2D eigenvalue weighted by Crippen LogP contribution is -2.52. The summed E-state index contributed by atoms with van der Waals surface area (Å²) in [6.45, 7) is 2.72. The molecule has 2 aliphatic heterocycles. The van der Waals surface area contributed by atoms with Crippen LogP contribution >= 0.6 is 0 Å². The zero-order valence-corrected chi connectivity index (χ0v) is 17.6. The third-order valence-electron chi connectivity index (χ3n) is 5.20. The number of amides is 4. The second kappa shape index (κ2) is 11.0. The monoisotopic (exact) mass is 432 g/mol. The first-order chi connectivity index (χ1) is 15.0. The Labute approximate surface area is 180 Å². The summed E-state index contributed by atoms with van der Waals surface area (Å²) in [7, 11) is 1.85. The van der Waals surface area contributed by atoms with E-state index in [0.29, 0.717) is 43.1 Å². The number of imide groups is 1. The predicted octanol–water partition coefficient (Wildman–Crippen LogP) is 0.0288. The molecule has 3 N–H and O–H groups in total. The fraction of sp³-hybridized carbons (Fsp3) is 0.524. The van der Waals surface area contributed by atoms with Gasteiger partial charge in [0.1, 0.15) is 6.04 Å². The number of fused-ring (bicyclic) bond motifs is 1. The lowest BCUT2D eigenvalue weighted by molar-refractivity contribution is -0.137. The molecule has 168 valence electrons. The smallest absolute Gasteiger partial charge is 0.255 e. The molecule has 3 rings (SSSR count). The van der Waals surface area contributed by atoms with Crippen molar-refractivity contribution < 1.29 is 28.7 Å². The molecule has 2 heterocycles. The summed E-state index contributed by atoms with van der Waals surface area (Å²) in [6, 6.07) is 4.41. The van der Waals surface area contributed by atoms with Gasteiger partial charge in [0.2, 0.25) is 17.7 Å². The fourth-order valence-electron chi connectivity index (χ4n) is 3.58. The molecule has 1 fully saturated rings. The lowest BCUT2D eigenvalue weighted by Gasteiger charge is -2.29. The molecule has 1 saturated heterocycles. The van der Waals surface area contributed by atoms with Gasteiger partial charge in [0.05, 0.1) is 32.8 Å². The number of carbonyl (C=O) groups excluding carboxylic acids is 4. The zero-order valence-electron chi connectivity index (χ0n) is 17.6. The van der Waals surface area contributed by atoms with Gasteiger partial charge in [-0.1, -0.05) is 6.07 Å². The van der Waals surface area contributed by atoms with E-state index in [1.165, 1.54) is 4.90 Å². The minimum Gasteiger partial charge on any atom is -0.379 e. The standard InChI is InChI=1S/C21H28N4O6/c1-22-8-10-31-12-11-30-9-7-19(27)23-16-4-2-3-14-15(16)13-25(21(14)29)17-5-6-18(26)24-20(17)28/h2-4,17,22H,5-13H2,1H3,(H,23,27)(H,24,26,28). The first kappa shape index (κ1) is 22.9. The Morgan fingerprint density at radius 1 is 1.16 bits per heavy atom. The van der Waals surface area contributed by atoms with Gasteiger partial charge >= 0.3 is 0 Å². The second-order valence-corrected chi connectivity index (χ2v) is 7.36. The topological polar surface area (TPSA) is 126 Å². The van der Waals surface area contributed by atoms with Crippen LogP contribution in [0.5, 0.6) is 0 Å². The van der Waals surface area contributed by atoms with Gasteiger partial charge in [-0.15, -0.1) is 0 Å². The molecule has 1 atom stereocenters. The number of anilines is 1. The number of carbonyl (C=O) groups is 4. The van der Waals surface area contributed by atoms with Crippen LogP contribution in [0.25, 0.3) is 0 Å². The Balaban J connectivity index is 1.50. The summed E-state index contributed by atoms with van der Waals surface area (Å²) >= 11 is 0. The van der Waals surface area contributed by atoms with Crippen molar-refractivity contribution in [2.75, 3.05) is 45.3 Å². The van der Waals surface area contributed by atoms with Gasteiger partial charge in [-0.05, 0) is 25.6 Å². The van der Waals surface area contributed by atoms with Crippen molar-refractivity contribution in [2.24, 2.45) is 0 Å². The first-order valence-corrected chi connectivity index (χ1v) is 10.4. The third-order valence-corrected chi connectivity index (χ3v) is 5.20. The molecule has 0 aliphatic carbocycles. The van der Waals surface area contributed by atoms with Crippen LogP contribution in [0.4, 0.5) is 5.69 Å². The number of rotatable bonds is 11. The predicted molar refractivity (Wildman–Crippen MR) is 111 cm³/mol. The highest BCUT2D eigenvalue weighted by Gasteiger charge is 2.39. The van der Waals surface area contributed by atoms with Crippen LogP contribution in [-0.2, 0) is 30.4 Å². The number of hydrogen-bond donors (Lipinski definition) is 3. The Morgan fingerprint density at radius 3 is 2.68 bits per heavy atom. The Hall–Kier alpha value is -2.82. The Bertz CT molecular complexity index is 843. The maximum atomic E-state index is 12.8. The molecule has 0 radical (unpaired) electrons. The Kier molecular flexibility index (Phi) is 8.10. The highest BCUT2D eigenvalue weighted by Crippen LogP contribution is 2.32. The van der Waals surface area contributed by atoms with E-state index >= 15 is 0 Å². The van der Waals surface area contributed by atoms with Gasteiger partial charge in [0.15, 0.2) is 0 Å².